The van der Waals surface area contributed by atoms with Crippen LogP contribution in [0.2, 0.25) is 10.0 Å². The molecule has 3 rings (SSSR count). The molecule has 2 aromatic rings. The zero-order valence-electron chi connectivity index (χ0n) is 17.8. The summed E-state index contributed by atoms with van der Waals surface area (Å²) < 4.78 is 27.1. The van der Waals surface area contributed by atoms with Gasteiger partial charge in [-0.2, -0.15) is 0 Å². The number of piperidine rings is 1. The summed E-state index contributed by atoms with van der Waals surface area (Å²) >= 11 is 12.0. The van der Waals surface area contributed by atoms with Crippen LogP contribution in [-0.2, 0) is 27.0 Å². The third-order valence-electron chi connectivity index (χ3n) is 5.52. The van der Waals surface area contributed by atoms with E-state index in [1.54, 1.807) is 18.2 Å². The maximum Gasteiger partial charge on any atom is 0.223 e. The third kappa shape index (κ3) is 6.69. The number of sulfonamides is 1. The minimum atomic E-state index is -3.52. The number of carbonyl (C=O) groups is 1. The van der Waals surface area contributed by atoms with Gasteiger partial charge in [0.1, 0.15) is 0 Å². The van der Waals surface area contributed by atoms with Crippen molar-refractivity contribution in [2.45, 2.75) is 44.4 Å². The van der Waals surface area contributed by atoms with Gasteiger partial charge in [0.25, 0.3) is 0 Å². The Labute approximate surface area is 194 Å². The molecule has 0 atom stereocenters. The Hall–Kier alpha value is -1.60. The zero-order chi connectivity index (χ0) is 22.6. The molecule has 1 saturated heterocycles. The van der Waals surface area contributed by atoms with Crippen LogP contribution in [0.25, 0.3) is 0 Å². The van der Waals surface area contributed by atoms with E-state index in [1.807, 2.05) is 44.2 Å². The van der Waals surface area contributed by atoms with Gasteiger partial charge in [0, 0.05) is 34.6 Å². The van der Waals surface area contributed by atoms with Crippen molar-refractivity contribution in [2.75, 3.05) is 13.1 Å². The van der Waals surface area contributed by atoms with E-state index in [4.69, 9.17) is 23.2 Å². The Bertz CT molecular complexity index is 1020. The van der Waals surface area contributed by atoms with Crippen LogP contribution in [-0.4, -0.2) is 37.3 Å². The number of hydrogen-bond acceptors (Lipinski definition) is 3. The predicted octanol–water partition coefficient (Wildman–Crippen LogP) is 4.67. The molecule has 0 radical (unpaired) electrons. The molecule has 0 bridgehead atoms. The molecule has 0 spiro atoms. The van der Waals surface area contributed by atoms with Gasteiger partial charge < -0.3 is 5.32 Å². The second-order valence-corrected chi connectivity index (χ2v) is 11.5. The molecule has 1 amide bonds. The maximum absolute atomic E-state index is 12.8. The van der Waals surface area contributed by atoms with E-state index in [9.17, 15) is 13.2 Å². The van der Waals surface area contributed by atoms with Gasteiger partial charge in [0.15, 0.2) is 0 Å². The van der Waals surface area contributed by atoms with Gasteiger partial charge in [-0.15, -0.1) is 0 Å². The molecule has 1 aliphatic rings. The quantitative estimate of drug-likeness (QED) is 0.623. The standard InChI is InChI=1S/C23H28Cl2N2O3S/c1-23(2,15-17-6-4-3-5-7-17)26-22(28)18-10-12-27(13-11-18)31(29,30)16-19-8-9-20(24)14-21(19)25/h3-9,14,18H,10-13,15-16H2,1-2H3,(H,26,28). The minimum absolute atomic E-state index is 0.0151. The molecule has 5 nitrogen and oxygen atoms in total. The Balaban J connectivity index is 1.55. The number of nitrogens with one attached hydrogen (secondary N) is 1. The van der Waals surface area contributed by atoms with Crippen LogP contribution in [0.15, 0.2) is 48.5 Å². The second kappa shape index (κ2) is 9.90. The van der Waals surface area contributed by atoms with Gasteiger partial charge in [0.2, 0.25) is 15.9 Å². The summed E-state index contributed by atoms with van der Waals surface area (Å²) in [7, 11) is -3.52. The monoisotopic (exact) mass is 482 g/mol. The first-order valence-corrected chi connectivity index (χ1v) is 12.7. The van der Waals surface area contributed by atoms with Crippen molar-refractivity contribution in [1.29, 1.82) is 0 Å². The average molecular weight is 483 g/mol. The van der Waals surface area contributed by atoms with E-state index in [-0.39, 0.29) is 23.1 Å². The van der Waals surface area contributed by atoms with E-state index in [2.05, 4.69) is 5.32 Å². The minimum Gasteiger partial charge on any atom is -0.351 e. The number of rotatable bonds is 7. The van der Waals surface area contributed by atoms with E-state index < -0.39 is 10.0 Å². The van der Waals surface area contributed by atoms with Gasteiger partial charge in [-0.05, 0) is 56.4 Å². The number of carbonyl (C=O) groups excluding carboxylic acids is 1. The molecular formula is C23H28Cl2N2O3S. The normalized spacial score (nSPS) is 16.3. The van der Waals surface area contributed by atoms with Gasteiger partial charge in [-0.1, -0.05) is 59.6 Å². The first-order valence-electron chi connectivity index (χ1n) is 10.3. The highest BCUT2D eigenvalue weighted by Gasteiger charge is 2.33. The topological polar surface area (TPSA) is 66.5 Å². The van der Waals surface area contributed by atoms with Gasteiger partial charge >= 0.3 is 0 Å². The Morgan fingerprint density at radius 2 is 1.74 bits per heavy atom. The summed E-state index contributed by atoms with van der Waals surface area (Å²) in [5.74, 6) is -0.386. The van der Waals surface area contributed by atoms with Crippen LogP contribution in [0.4, 0.5) is 0 Å². The Kier molecular flexibility index (Phi) is 7.68. The summed E-state index contributed by atoms with van der Waals surface area (Å²) in [5.41, 5.74) is 1.30. The highest BCUT2D eigenvalue weighted by Crippen LogP contribution is 2.27. The lowest BCUT2D eigenvalue weighted by Crippen LogP contribution is -2.50. The lowest BCUT2D eigenvalue weighted by Gasteiger charge is -2.33. The lowest BCUT2D eigenvalue weighted by molar-refractivity contribution is -0.127. The number of amides is 1. The fourth-order valence-corrected chi connectivity index (χ4v) is 6.06. The van der Waals surface area contributed by atoms with Crippen LogP contribution in [0.1, 0.15) is 37.8 Å². The number of halogens is 2. The largest absolute Gasteiger partial charge is 0.351 e. The summed E-state index contributed by atoms with van der Waals surface area (Å²) in [6, 6.07) is 14.8. The molecule has 1 heterocycles. The van der Waals surface area contributed by atoms with Crippen molar-refractivity contribution in [3.63, 3.8) is 0 Å². The molecule has 1 N–H and O–H groups in total. The fourth-order valence-electron chi connectivity index (χ4n) is 3.91. The summed E-state index contributed by atoms with van der Waals surface area (Å²) in [6.07, 6.45) is 1.73. The SMILES string of the molecule is CC(C)(Cc1ccccc1)NC(=O)C1CCN(S(=O)(=O)Cc2ccc(Cl)cc2Cl)CC1. The molecule has 2 aromatic carbocycles. The molecule has 0 aromatic heterocycles. The third-order valence-corrected chi connectivity index (χ3v) is 7.94. The summed E-state index contributed by atoms with van der Waals surface area (Å²) in [4.78, 5) is 12.8. The van der Waals surface area contributed by atoms with Crippen LogP contribution in [0.5, 0.6) is 0 Å². The van der Waals surface area contributed by atoms with Crippen molar-refractivity contribution in [3.05, 3.63) is 69.7 Å². The molecular weight excluding hydrogens is 455 g/mol. The lowest BCUT2D eigenvalue weighted by atomic mass is 9.91. The van der Waals surface area contributed by atoms with E-state index in [1.165, 1.54) is 4.31 Å². The smallest absolute Gasteiger partial charge is 0.223 e. The molecule has 1 aliphatic heterocycles. The van der Waals surface area contributed by atoms with Crippen LogP contribution < -0.4 is 5.32 Å². The van der Waals surface area contributed by atoms with E-state index in [0.29, 0.717) is 41.5 Å². The van der Waals surface area contributed by atoms with Gasteiger partial charge in [0.05, 0.1) is 5.75 Å². The predicted molar refractivity (Wildman–Crippen MR) is 126 cm³/mol. The molecule has 31 heavy (non-hydrogen) atoms. The first-order chi connectivity index (χ1) is 14.6. The van der Waals surface area contributed by atoms with Crippen molar-refractivity contribution in [3.8, 4) is 0 Å². The summed E-state index contributed by atoms with van der Waals surface area (Å²) in [6.45, 7) is 4.66. The van der Waals surface area contributed by atoms with Crippen LogP contribution >= 0.6 is 23.2 Å². The molecule has 1 fully saturated rings. The van der Waals surface area contributed by atoms with Crippen molar-refractivity contribution >= 4 is 39.1 Å². The molecule has 0 saturated carbocycles. The fraction of sp³-hybridized carbons (Fsp3) is 0.435. The van der Waals surface area contributed by atoms with Crippen molar-refractivity contribution < 1.29 is 13.2 Å². The molecule has 168 valence electrons. The van der Waals surface area contributed by atoms with Gasteiger partial charge in [-0.25, -0.2) is 12.7 Å². The molecule has 0 aliphatic carbocycles. The average Bonchev–Trinajstić information content (AvgIpc) is 2.70. The Morgan fingerprint density at radius 3 is 2.35 bits per heavy atom. The second-order valence-electron chi connectivity index (χ2n) is 8.70. The molecule has 0 unspecified atom stereocenters. The highest BCUT2D eigenvalue weighted by molar-refractivity contribution is 7.88. The van der Waals surface area contributed by atoms with Crippen LogP contribution in [0.3, 0.4) is 0 Å². The van der Waals surface area contributed by atoms with Crippen molar-refractivity contribution in [1.82, 2.24) is 9.62 Å². The van der Waals surface area contributed by atoms with Crippen LogP contribution in [0, 0.1) is 5.92 Å². The van der Waals surface area contributed by atoms with E-state index >= 15 is 0 Å². The summed E-state index contributed by atoms with van der Waals surface area (Å²) in [5, 5.41) is 3.95. The molecule has 8 heteroatoms. The first kappa shape index (κ1) is 24.1. The Morgan fingerprint density at radius 1 is 1.10 bits per heavy atom. The maximum atomic E-state index is 12.8. The van der Waals surface area contributed by atoms with E-state index in [0.717, 1.165) is 12.0 Å². The van der Waals surface area contributed by atoms with Crippen molar-refractivity contribution in [2.24, 2.45) is 5.92 Å². The number of hydrogen-bond donors (Lipinski definition) is 1. The number of nitrogens with zero attached hydrogens (tertiary/aromatic N) is 1. The highest BCUT2D eigenvalue weighted by atomic mass is 35.5. The van der Waals surface area contributed by atoms with Gasteiger partial charge in [-0.3, -0.25) is 4.79 Å². The number of benzene rings is 2. The zero-order valence-corrected chi connectivity index (χ0v) is 20.1.